The van der Waals surface area contributed by atoms with Gasteiger partial charge in [0.1, 0.15) is 11.5 Å². The zero-order chi connectivity index (χ0) is 23.6. The van der Waals surface area contributed by atoms with Gasteiger partial charge >= 0.3 is 0 Å². The Hall–Kier alpha value is -3.87. The molecule has 0 unspecified atom stereocenters. The van der Waals surface area contributed by atoms with E-state index in [0.29, 0.717) is 16.9 Å². The van der Waals surface area contributed by atoms with Gasteiger partial charge in [-0.3, -0.25) is 25.6 Å². The fourth-order valence-corrected chi connectivity index (χ4v) is 3.54. The fourth-order valence-electron chi connectivity index (χ4n) is 3.54. The molecule has 1 saturated carbocycles. The number of amides is 1. The van der Waals surface area contributed by atoms with E-state index in [1.807, 2.05) is 30.5 Å². The van der Waals surface area contributed by atoms with Crippen LogP contribution in [0.15, 0.2) is 60.9 Å². The highest BCUT2D eigenvalue weighted by Gasteiger charge is 2.30. The van der Waals surface area contributed by atoms with Crippen LogP contribution in [0.3, 0.4) is 0 Å². The summed E-state index contributed by atoms with van der Waals surface area (Å²) in [7, 11) is 0. The number of hydrogen-bond acceptors (Lipinski definition) is 5. The molecule has 1 fully saturated rings. The zero-order valence-corrected chi connectivity index (χ0v) is 19.1. The third-order valence-electron chi connectivity index (χ3n) is 5.59. The Balaban J connectivity index is 1.50. The molecule has 7 heteroatoms. The topological polar surface area (TPSA) is 106 Å². The lowest BCUT2D eigenvalue weighted by molar-refractivity contribution is 0.102. The molecular weight excluding hydrogens is 412 g/mol. The molecular formula is C26H28N6O. The summed E-state index contributed by atoms with van der Waals surface area (Å²) in [5.74, 6) is -0.0687. The summed E-state index contributed by atoms with van der Waals surface area (Å²) in [5, 5.41) is 18.9. The lowest BCUT2D eigenvalue weighted by Gasteiger charge is -2.19. The van der Waals surface area contributed by atoms with E-state index in [1.165, 1.54) is 6.34 Å². The summed E-state index contributed by atoms with van der Waals surface area (Å²) < 4.78 is 0. The first-order valence-electron chi connectivity index (χ1n) is 11.0. The standard InChI is InChI=1S/C26H28N6O/c1-26(2,3)23-10-7-19(15-30-23)17-11-12-29-22(14-17)25(33)31-20-6-4-5-18(13-20)24(28)32(16-27)21-8-9-21/h4-7,10-16,21,27-28H,8-9H2,1-3H3,(H,31,33). The molecule has 1 aliphatic carbocycles. The van der Waals surface area contributed by atoms with E-state index >= 15 is 0 Å². The number of carbonyl (C=O) groups is 1. The van der Waals surface area contributed by atoms with Crippen LogP contribution in [0.5, 0.6) is 0 Å². The highest BCUT2D eigenvalue weighted by atomic mass is 16.1. The Bertz CT molecular complexity index is 1190. The first kappa shape index (κ1) is 22.3. The van der Waals surface area contributed by atoms with Gasteiger partial charge in [-0.15, -0.1) is 0 Å². The van der Waals surface area contributed by atoms with Crippen molar-refractivity contribution in [1.82, 2.24) is 14.9 Å². The summed E-state index contributed by atoms with van der Waals surface area (Å²) in [6, 6.07) is 15.0. The minimum absolute atomic E-state index is 0.0267. The SMILES string of the molecule is CC(C)(C)c1ccc(-c2ccnc(C(=O)Nc3cccc(C(=N)N(C=N)C4CC4)c3)c2)cn1. The number of rotatable bonds is 6. The van der Waals surface area contributed by atoms with Crippen molar-refractivity contribution in [3.63, 3.8) is 0 Å². The molecule has 3 N–H and O–H groups in total. The number of amidine groups is 1. The molecule has 0 radical (unpaired) electrons. The van der Waals surface area contributed by atoms with Crippen LogP contribution >= 0.6 is 0 Å². The second kappa shape index (κ2) is 8.94. The summed E-state index contributed by atoms with van der Waals surface area (Å²) in [4.78, 5) is 23.3. The van der Waals surface area contributed by atoms with Gasteiger partial charge in [0.2, 0.25) is 0 Å². The fraction of sp³-hybridized carbons (Fsp3) is 0.269. The third-order valence-corrected chi connectivity index (χ3v) is 5.59. The van der Waals surface area contributed by atoms with Gasteiger partial charge in [-0.05, 0) is 48.7 Å². The second-order valence-corrected chi connectivity index (χ2v) is 9.26. The van der Waals surface area contributed by atoms with Crippen LogP contribution in [0.1, 0.15) is 55.4 Å². The van der Waals surface area contributed by atoms with Gasteiger partial charge in [0.25, 0.3) is 5.91 Å². The Labute approximate surface area is 193 Å². The van der Waals surface area contributed by atoms with Crippen molar-refractivity contribution in [3.05, 3.63) is 77.9 Å². The van der Waals surface area contributed by atoms with E-state index < -0.39 is 0 Å². The summed E-state index contributed by atoms with van der Waals surface area (Å²) in [6.07, 6.45) is 6.62. The smallest absolute Gasteiger partial charge is 0.274 e. The van der Waals surface area contributed by atoms with Gasteiger partial charge in [-0.2, -0.15) is 0 Å². The number of pyridine rings is 2. The number of hydrogen-bond donors (Lipinski definition) is 3. The van der Waals surface area contributed by atoms with Gasteiger partial charge in [0.05, 0.1) is 6.34 Å². The Morgan fingerprint density at radius 3 is 2.52 bits per heavy atom. The van der Waals surface area contributed by atoms with Crippen LogP contribution in [0.25, 0.3) is 11.1 Å². The molecule has 2 aromatic heterocycles. The molecule has 4 rings (SSSR count). The van der Waals surface area contributed by atoms with Crippen molar-refractivity contribution in [2.75, 3.05) is 5.32 Å². The number of nitrogens with one attached hydrogen (secondary N) is 3. The molecule has 0 aliphatic heterocycles. The van der Waals surface area contributed by atoms with Crippen molar-refractivity contribution >= 4 is 23.8 Å². The van der Waals surface area contributed by atoms with E-state index in [9.17, 15) is 4.79 Å². The summed E-state index contributed by atoms with van der Waals surface area (Å²) in [6.45, 7) is 6.36. The Morgan fingerprint density at radius 2 is 1.88 bits per heavy atom. The van der Waals surface area contributed by atoms with Gasteiger partial charge in [-0.1, -0.05) is 39.0 Å². The lowest BCUT2D eigenvalue weighted by atomic mass is 9.91. The predicted molar refractivity (Wildman–Crippen MR) is 131 cm³/mol. The quantitative estimate of drug-likeness (QED) is 0.367. The molecule has 3 aromatic rings. The number of anilines is 1. The van der Waals surface area contributed by atoms with Gasteiger partial charge in [-0.25, -0.2) is 0 Å². The number of nitrogens with zero attached hydrogens (tertiary/aromatic N) is 3. The molecule has 7 nitrogen and oxygen atoms in total. The lowest BCUT2D eigenvalue weighted by Crippen LogP contribution is -2.31. The van der Waals surface area contributed by atoms with Crippen LogP contribution < -0.4 is 5.32 Å². The molecule has 0 saturated heterocycles. The molecule has 168 valence electrons. The van der Waals surface area contributed by atoms with E-state index in [1.54, 1.807) is 35.4 Å². The molecule has 0 spiro atoms. The van der Waals surface area contributed by atoms with E-state index in [2.05, 4.69) is 36.1 Å². The minimum atomic E-state index is -0.328. The van der Waals surface area contributed by atoms with Crippen molar-refractivity contribution in [1.29, 1.82) is 10.8 Å². The normalized spacial score (nSPS) is 13.3. The van der Waals surface area contributed by atoms with Gasteiger partial charge in [0.15, 0.2) is 0 Å². The average Bonchev–Trinajstić information content (AvgIpc) is 3.64. The predicted octanol–water partition coefficient (Wildman–Crippen LogP) is 5.09. The maximum absolute atomic E-state index is 12.9. The van der Waals surface area contributed by atoms with Gasteiger partial charge < -0.3 is 10.2 Å². The molecule has 0 bridgehead atoms. The Kier molecular flexibility index (Phi) is 6.05. The minimum Gasteiger partial charge on any atom is -0.321 e. The molecule has 1 aromatic carbocycles. The second-order valence-electron chi connectivity index (χ2n) is 9.26. The maximum Gasteiger partial charge on any atom is 0.274 e. The summed E-state index contributed by atoms with van der Waals surface area (Å²) >= 11 is 0. The number of aromatic nitrogens is 2. The zero-order valence-electron chi connectivity index (χ0n) is 19.1. The van der Waals surface area contributed by atoms with Crippen LogP contribution in [-0.4, -0.2) is 39.0 Å². The van der Waals surface area contributed by atoms with Crippen molar-refractivity contribution in [2.45, 2.75) is 45.1 Å². The monoisotopic (exact) mass is 440 g/mol. The first-order chi connectivity index (χ1) is 15.8. The van der Waals surface area contributed by atoms with Crippen molar-refractivity contribution in [2.24, 2.45) is 0 Å². The third kappa shape index (κ3) is 5.14. The van der Waals surface area contributed by atoms with Crippen LogP contribution in [0.2, 0.25) is 0 Å². The number of carbonyl (C=O) groups excluding carboxylic acids is 1. The average molecular weight is 441 g/mol. The molecule has 1 amide bonds. The van der Waals surface area contributed by atoms with Crippen molar-refractivity contribution < 1.29 is 4.79 Å². The molecule has 1 aliphatic rings. The summed E-state index contributed by atoms with van der Waals surface area (Å²) in [5.41, 5.74) is 4.29. The van der Waals surface area contributed by atoms with Crippen LogP contribution in [-0.2, 0) is 5.41 Å². The first-order valence-corrected chi connectivity index (χ1v) is 11.0. The van der Waals surface area contributed by atoms with Gasteiger partial charge in [0, 0.05) is 46.4 Å². The van der Waals surface area contributed by atoms with Crippen molar-refractivity contribution in [3.8, 4) is 11.1 Å². The highest BCUT2D eigenvalue weighted by Crippen LogP contribution is 2.28. The van der Waals surface area contributed by atoms with Crippen LogP contribution in [0.4, 0.5) is 5.69 Å². The maximum atomic E-state index is 12.9. The molecule has 33 heavy (non-hydrogen) atoms. The molecule has 0 atom stereocenters. The van der Waals surface area contributed by atoms with E-state index in [-0.39, 0.29) is 23.2 Å². The number of benzene rings is 1. The molecule has 2 heterocycles. The highest BCUT2D eigenvalue weighted by molar-refractivity contribution is 6.06. The Morgan fingerprint density at radius 1 is 1.09 bits per heavy atom. The largest absolute Gasteiger partial charge is 0.321 e. The van der Waals surface area contributed by atoms with Crippen LogP contribution in [0, 0.1) is 10.8 Å². The van der Waals surface area contributed by atoms with E-state index in [4.69, 9.17) is 10.8 Å². The van der Waals surface area contributed by atoms with E-state index in [0.717, 1.165) is 29.7 Å².